The number of hydrogen-bond donors (Lipinski definition) is 4. The van der Waals surface area contributed by atoms with Gasteiger partial charge in [-0.25, -0.2) is 0 Å². The van der Waals surface area contributed by atoms with Crippen LogP contribution >= 0.6 is 23.2 Å². The molecular weight excluding hydrogens is 453 g/mol. The number of fused-ring (bicyclic) bond motifs is 1. The minimum absolute atomic E-state index is 0.0294. The highest BCUT2D eigenvalue weighted by atomic mass is 35.5. The van der Waals surface area contributed by atoms with Crippen LogP contribution in [-0.4, -0.2) is 21.8 Å². The van der Waals surface area contributed by atoms with Crippen molar-refractivity contribution in [1.82, 2.24) is 9.97 Å². The van der Waals surface area contributed by atoms with Gasteiger partial charge in [0.25, 0.3) is 5.56 Å². The molecule has 2 aromatic carbocycles. The third kappa shape index (κ3) is 4.61. The molecule has 0 bridgehead atoms. The molecule has 0 fully saturated rings. The van der Waals surface area contributed by atoms with E-state index in [-0.39, 0.29) is 23.8 Å². The quantitative estimate of drug-likeness (QED) is 0.446. The Morgan fingerprint density at radius 3 is 2.53 bits per heavy atom. The summed E-state index contributed by atoms with van der Waals surface area (Å²) in [7, 11) is 0. The highest BCUT2D eigenvalue weighted by Gasteiger charge is 2.35. The number of aromatic amines is 1. The van der Waals surface area contributed by atoms with Crippen LogP contribution in [0, 0.1) is 13.8 Å². The van der Waals surface area contributed by atoms with Crippen LogP contribution in [-0.2, 0) is 9.59 Å². The van der Waals surface area contributed by atoms with E-state index in [9.17, 15) is 14.4 Å². The van der Waals surface area contributed by atoms with Crippen LogP contribution in [0.1, 0.15) is 29.0 Å². The number of halogens is 2. The molecule has 1 aliphatic heterocycles. The van der Waals surface area contributed by atoms with Crippen LogP contribution in [0.25, 0.3) is 0 Å². The Morgan fingerprint density at radius 2 is 1.81 bits per heavy atom. The van der Waals surface area contributed by atoms with E-state index in [0.717, 1.165) is 11.1 Å². The summed E-state index contributed by atoms with van der Waals surface area (Å²) in [5, 5.41) is 9.11. The summed E-state index contributed by atoms with van der Waals surface area (Å²) < 4.78 is 0. The largest absolute Gasteiger partial charge is 0.326 e. The third-order valence-corrected chi connectivity index (χ3v) is 5.48. The van der Waals surface area contributed by atoms with E-state index in [0.29, 0.717) is 21.4 Å². The molecule has 0 saturated carbocycles. The molecule has 0 spiro atoms. The fourth-order valence-electron chi connectivity index (χ4n) is 3.51. The maximum absolute atomic E-state index is 13.0. The molecule has 0 unspecified atom stereocenters. The van der Waals surface area contributed by atoms with Crippen molar-refractivity contribution in [3.8, 4) is 0 Å². The number of hydrogen-bond acceptors (Lipinski definition) is 5. The van der Waals surface area contributed by atoms with Gasteiger partial charge in [-0.15, -0.1) is 0 Å². The summed E-state index contributed by atoms with van der Waals surface area (Å²) in [5.41, 5.74) is 2.54. The summed E-state index contributed by atoms with van der Waals surface area (Å²) in [4.78, 5) is 45.1. The highest BCUT2D eigenvalue weighted by molar-refractivity contribution is 6.35. The fourth-order valence-corrected chi connectivity index (χ4v) is 4.03. The first-order valence-electron chi connectivity index (χ1n) is 9.75. The molecular formula is C22H19Cl2N5O3. The molecule has 164 valence electrons. The molecule has 0 aliphatic carbocycles. The lowest BCUT2D eigenvalue weighted by molar-refractivity contribution is -0.123. The standard InChI is InChI=1S/C22H19Cl2N5O3/c1-10-3-4-11(2)16(5-10)26-20(31)15-9-17(30)27-19-18(15)21(32)29-22(28-19)25-14-7-12(23)6-13(24)8-14/h3-8,15H,9H2,1-2H3,(H,26,31)(H3,25,27,28,29,30,32)/t15-/m0/s1. The number of carbonyl (C=O) groups is 2. The molecule has 2 heterocycles. The molecule has 8 nitrogen and oxygen atoms in total. The lowest BCUT2D eigenvalue weighted by Crippen LogP contribution is -2.36. The number of nitrogens with zero attached hydrogens (tertiary/aromatic N) is 1. The summed E-state index contributed by atoms with van der Waals surface area (Å²) in [6, 6.07) is 10.4. The van der Waals surface area contributed by atoms with E-state index in [2.05, 4.69) is 25.9 Å². The van der Waals surface area contributed by atoms with Crippen LogP contribution in [0.15, 0.2) is 41.2 Å². The zero-order valence-corrected chi connectivity index (χ0v) is 18.7. The molecule has 4 N–H and O–H groups in total. The van der Waals surface area contributed by atoms with E-state index in [1.54, 1.807) is 18.2 Å². The molecule has 4 rings (SSSR count). The second-order valence-electron chi connectivity index (χ2n) is 7.57. The van der Waals surface area contributed by atoms with Crippen LogP contribution < -0.4 is 21.5 Å². The second kappa shape index (κ2) is 8.64. The van der Waals surface area contributed by atoms with E-state index in [1.165, 1.54) is 0 Å². The lowest BCUT2D eigenvalue weighted by atomic mass is 9.92. The van der Waals surface area contributed by atoms with Gasteiger partial charge in [-0.05, 0) is 49.2 Å². The van der Waals surface area contributed by atoms with Gasteiger partial charge in [-0.2, -0.15) is 4.98 Å². The number of H-pyrrole nitrogens is 1. The Kier molecular flexibility index (Phi) is 5.90. The van der Waals surface area contributed by atoms with Gasteiger partial charge in [0.15, 0.2) is 0 Å². The molecule has 0 radical (unpaired) electrons. The van der Waals surface area contributed by atoms with Crippen molar-refractivity contribution in [3.63, 3.8) is 0 Å². The Balaban J connectivity index is 1.66. The molecule has 1 aliphatic rings. The Hall–Kier alpha value is -3.36. The van der Waals surface area contributed by atoms with Crippen LogP contribution in [0.3, 0.4) is 0 Å². The van der Waals surface area contributed by atoms with E-state index in [1.807, 2.05) is 32.0 Å². The minimum Gasteiger partial charge on any atom is -0.326 e. The predicted octanol–water partition coefficient (Wildman–Crippen LogP) is 4.50. The number of rotatable bonds is 4. The first-order chi connectivity index (χ1) is 15.2. The van der Waals surface area contributed by atoms with Crippen molar-refractivity contribution in [1.29, 1.82) is 0 Å². The average Bonchev–Trinajstić information content (AvgIpc) is 2.69. The first-order valence-corrected chi connectivity index (χ1v) is 10.5. The van der Waals surface area contributed by atoms with Gasteiger partial charge in [-0.3, -0.25) is 19.4 Å². The summed E-state index contributed by atoms with van der Waals surface area (Å²) in [6.45, 7) is 3.78. The van der Waals surface area contributed by atoms with Crippen LogP contribution in [0.2, 0.25) is 10.0 Å². The second-order valence-corrected chi connectivity index (χ2v) is 8.45. The SMILES string of the molecule is Cc1ccc(C)c(NC(=O)[C@H]2CC(=O)Nc3nc(Nc4cc(Cl)cc(Cl)c4)[nH]c(=O)c32)c1. The van der Waals surface area contributed by atoms with Gasteiger partial charge in [0.1, 0.15) is 5.82 Å². The molecule has 0 saturated heterocycles. The number of nitrogens with one attached hydrogen (secondary N) is 4. The zero-order valence-electron chi connectivity index (χ0n) is 17.2. The zero-order chi connectivity index (χ0) is 23.0. The van der Waals surface area contributed by atoms with Crippen molar-refractivity contribution in [2.45, 2.75) is 26.2 Å². The summed E-state index contributed by atoms with van der Waals surface area (Å²) >= 11 is 12.0. The van der Waals surface area contributed by atoms with E-state index in [4.69, 9.17) is 23.2 Å². The van der Waals surface area contributed by atoms with Crippen LogP contribution in [0.5, 0.6) is 0 Å². The van der Waals surface area contributed by atoms with Crippen molar-refractivity contribution >= 4 is 58.2 Å². The maximum atomic E-state index is 13.0. The Labute approximate surface area is 193 Å². The van der Waals surface area contributed by atoms with Gasteiger partial charge < -0.3 is 16.0 Å². The lowest BCUT2D eigenvalue weighted by Gasteiger charge is -2.24. The fraction of sp³-hybridized carbons (Fsp3) is 0.182. The van der Waals surface area contributed by atoms with Crippen molar-refractivity contribution in [3.05, 3.63) is 73.5 Å². The Morgan fingerprint density at radius 1 is 1.09 bits per heavy atom. The average molecular weight is 472 g/mol. The number of aryl methyl sites for hydroxylation is 2. The Bertz CT molecular complexity index is 1280. The number of anilines is 4. The maximum Gasteiger partial charge on any atom is 0.258 e. The normalized spacial score (nSPS) is 15.0. The monoisotopic (exact) mass is 471 g/mol. The molecule has 32 heavy (non-hydrogen) atoms. The van der Waals surface area contributed by atoms with Gasteiger partial charge in [0.05, 0.1) is 11.5 Å². The van der Waals surface area contributed by atoms with Crippen molar-refractivity contribution in [2.75, 3.05) is 16.0 Å². The van der Waals surface area contributed by atoms with E-state index < -0.39 is 23.3 Å². The van der Waals surface area contributed by atoms with Crippen LogP contribution in [0.4, 0.5) is 23.1 Å². The number of aromatic nitrogens is 2. The van der Waals surface area contributed by atoms with Gasteiger partial charge >= 0.3 is 0 Å². The number of carbonyl (C=O) groups excluding carboxylic acids is 2. The smallest absolute Gasteiger partial charge is 0.258 e. The minimum atomic E-state index is -0.982. The first kappa shape index (κ1) is 21.9. The molecule has 1 atom stereocenters. The highest BCUT2D eigenvalue weighted by Crippen LogP contribution is 2.31. The van der Waals surface area contributed by atoms with E-state index >= 15 is 0 Å². The molecule has 2 amide bonds. The molecule has 3 aromatic rings. The molecule has 1 aromatic heterocycles. The van der Waals surface area contributed by atoms with Gasteiger partial charge in [0, 0.05) is 27.8 Å². The molecule has 10 heteroatoms. The van der Waals surface area contributed by atoms with Crippen molar-refractivity contribution < 1.29 is 9.59 Å². The summed E-state index contributed by atoms with van der Waals surface area (Å²) in [5.74, 6) is -1.74. The number of benzene rings is 2. The third-order valence-electron chi connectivity index (χ3n) is 5.04. The van der Waals surface area contributed by atoms with Crippen molar-refractivity contribution in [2.24, 2.45) is 0 Å². The van der Waals surface area contributed by atoms with Gasteiger partial charge in [-0.1, -0.05) is 35.3 Å². The van der Waals surface area contributed by atoms with Gasteiger partial charge in [0.2, 0.25) is 17.8 Å². The summed E-state index contributed by atoms with van der Waals surface area (Å²) in [6.07, 6.45) is -0.162. The number of amides is 2. The predicted molar refractivity (Wildman–Crippen MR) is 125 cm³/mol. The topological polar surface area (TPSA) is 116 Å².